The van der Waals surface area contributed by atoms with Crippen molar-refractivity contribution >= 4 is 28.8 Å². The second kappa shape index (κ2) is 7.64. The van der Waals surface area contributed by atoms with Gasteiger partial charge >= 0.3 is 0 Å². The molecule has 0 aliphatic rings. The summed E-state index contributed by atoms with van der Waals surface area (Å²) in [4.78, 5) is 12.6. The molecule has 0 radical (unpaired) electrons. The largest absolute Gasteiger partial charge is 0.495 e. The van der Waals surface area contributed by atoms with Gasteiger partial charge in [0, 0.05) is 6.54 Å². The Balaban J connectivity index is 2.51. The molecule has 1 unspecified atom stereocenters. The number of hydrogen-bond acceptors (Lipinski definition) is 3. The van der Waals surface area contributed by atoms with E-state index in [0.717, 1.165) is 12.8 Å². The number of hydrogen-bond donors (Lipinski definition) is 1. The lowest BCUT2D eigenvalue weighted by atomic mass is 9.99. The second-order valence-corrected chi connectivity index (χ2v) is 5.60. The number of rotatable bonds is 7. The minimum absolute atomic E-state index is 0.0186. The number of thiophene rings is 1. The van der Waals surface area contributed by atoms with E-state index in [1.54, 1.807) is 13.2 Å². The zero-order chi connectivity index (χ0) is 13.5. The molecule has 0 saturated carbocycles. The Morgan fingerprint density at radius 3 is 2.72 bits per heavy atom. The Bertz CT molecular complexity index is 377. The van der Waals surface area contributed by atoms with Gasteiger partial charge in [-0.3, -0.25) is 4.79 Å². The van der Waals surface area contributed by atoms with Gasteiger partial charge in [0.1, 0.15) is 10.6 Å². The summed E-state index contributed by atoms with van der Waals surface area (Å²) in [5.74, 6) is 0.946. The fraction of sp³-hybridized carbons (Fsp3) is 0.615. The van der Waals surface area contributed by atoms with Crippen molar-refractivity contribution in [2.45, 2.75) is 32.1 Å². The van der Waals surface area contributed by atoms with Crippen LogP contribution in [0.1, 0.15) is 36.4 Å². The molecule has 102 valence electrons. The number of ether oxygens (including phenoxy) is 1. The van der Waals surface area contributed by atoms with Crippen LogP contribution < -0.4 is 10.1 Å². The van der Waals surface area contributed by atoms with E-state index in [4.69, 9.17) is 16.3 Å². The summed E-state index contributed by atoms with van der Waals surface area (Å²) in [5.41, 5.74) is 0. The smallest absolute Gasteiger partial charge is 0.265 e. The highest BCUT2D eigenvalue weighted by molar-refractivity contribution is 7.12. The van der Waals surface area contributed by atoms with Crippen molar-refractivity contribution < 1.29 is 9.53 Å². The van der Waals surface area contributed by atoms with E-state index in [0.29, 0.717) is 23.1 Å². The van der Waals surface area contributed by atoms with Crippen molar-refractivity contribution in [3.63, 3.8) is 0 Å². The third kappa shape index (κ3) is 3.89. The molecule has 1 heterocycles. The maximum atomic E-state index is 11.9. The van der Waals surface area contributed by atoms with E-state index in [2.05, 4.69) is 19.2 Å². The lowest BCUT2D eigenvalue weighted by Crippen LogP contribution is -2.32. The highest BCUT2D eigenvalue weighted by atomic mass is 35.5. The zero-order valence-corrected chi connectivity index (χ0v) is 12.6. The third-order valence-electron chi connectivity index (χ3n) is 3.07. The van der Waals surface area contributed by atoms with Gasteiger partial charge in [-0.25, -0.2) is 0 Å². The van der Waals surface area contributed by atoms with E-state index in [1.165, 1.54) is 11.3 Å². The summed E-state index contributed by atoms with van der Waals surface area (Å²) in [6, 6.07) is 1.79. The SMILES string of the molecule is CCC(CC)C(Cl)CNC(=O)c1sccc1OC. The molecule has 0 aliphatic carbocycles. The van der Waals surface area contributed by atoms with Crippen LogP contribution in [0.25, 0.3) is 0 Å². The van der Waals surface area contributed by atoms with Crippen LogP contribution in [0.3, 0.4) is 0 Å². The number of nitrogens with one attached hydrogen (secondary N) is 1. The van der Waals surface area contributed by atoms with Gasteiger partial charge in [-0.1, -0.05) is 26.7 Å². The molecule has 3 nitrogen and oxygen atoms in total. The Morgan fingerprint density at radius 1 is 1.50 bits per heavy atom. The van der Waals surface area contributed by atoms with Gasteiger partial charge in [-0.15, -0.1) is 22.9 Å². The lowest BCUT2D eigenvalue weighted by Gasteiger charge is -2.19. The molecule has 1 atom stereocenters. The summed E-state index contributed by atoms with van der Waals surface area (Å²) in [5, 5.41) is 4.69. The summed E-state index contributed by atoms with van der Waals surface area (Å²) in [6.45, 7) is 4.73. The molecule has 1 N–H and O–H groups in total. The maximum Gasteiger partial charge on any atom is 0.265 e. The average Bonchev–Trinajstić information content (AvgIpc) is 2.85. The second-order valence-electron chi connectivity index (χ2n) is 4.12. The van der Waals surface area contributed by atoms with Crippen molar-refractivity contribution in [3.05, 3.63) is 16.3 Å². The van der Waals surface area contributed by atoms with Crippen LogP contribution in [0.2, 0.25) is 0 Å². The summed E-state index contributed by atoms with van der Waals surface area (Å²) in [6.07, 6.45) is 2.06. The molecule has 0 aromatic carbocycles. The molecule has 1 aromatic rings. The first-order valence-corrected chi connectivity index (χ1v) is 7.49. The summed E-state index contributed by atoms with van der Waals surface area (Å²) < 4.78 is 5.12. The van der Waals surface area contributed by atoms with Gasteiger partial charge < -0.3 is 10.1 Å². The molecular formula is C13H20ClNO2S. The number of amides is 1. The molecule has 18 heavy (non-hydrogen) atoms. The van der Waals surface area contributed by atoms with Gasteiger partial charge in [-0.2, -0.15) is 0 Å². The molecule has 0 aliphatic heterocycles. The van der Waals surface area contributed by atoms with Crippen molar-refractivity contribution in [3.8, 4) is 5.75 Å². The predicted molar refractivity (Wildman–Crippen MR) is 76.9 cm³/mol. The predicted octanol–water partition coefficient (Wildman–Crippen LogP) is 3.53. The van der Waals surface area contributed by atoms with E-state index in [1.807, 2.05) is 5.38 Å². The third-order valence-corrected chi connectivity index (χ3v) is 4.48. The van der Waals surface area contributed by atoms with Gasteiger partial charge in [0.15, 0.2) is 0 Å². The lowest BCUT2D eigenvalue weighted by molar-refractivity contribution is 0.0953. The van der Waals surface area contributed by atoms with Gasteiger partial charge in [0.2, 0.25) is 0 Å². The first-order chi connectivity index (χ1) is 8.63. The van der Waals surface area contributed by atoms with Crippen LogP contribution in [0.4, 0.5) is 0 Å². The fourth-order valence-corrected chi connectivity index (χ4v) is 3.07. The first-order valence-electron chi connectivity index (χ1n) is 6.17. The van der Waals surface area contributed by atoms with Crippen molar-refractivity contribution in [2.75, 3.05) is 13.7 Å². The average molecular weight is 290 g/mol. The van der Waals surface area contributed by atoms with Crippen molar-refractivity contribution in [1.29, 1.82) is 0 Å². The minimum Gasteiger partial charge on any atom is -0.495 e. The van der Waals surface area contributed by atoms with Crippen LogP contribution >= 0.6 is 22.9 Å². The van der Waals surface area contributed by atoms with Gasteiger partial charge in [0.05, 0.1) is 12.5 Å². The van der Waals surface area contributed by atoms with E-state index < -0.39 is 0 Å². The Kier molecular flexibility index (Phi) is 6.50. The number of carbonyl (C=O) groups excluding carboxylic acids is 1. The van der Waals surface area contributed by atoms with Crippen LogP contribution in [0.15, 0.2) is 11.4 Å². The molecular weight excluding hydrogens is 270 g/mol. The normalized spacial score (nSPS) is 12.5. The molecule has 0 spiro atoms. The van der Waals surface area contributed by atoms with E-state index in [9.17, 15) is 4.79 Å². The molecule has 5 heteroatoms. The molecule has 0 fully saturated rings. The Labute approximate surface area is 117 Å². The molecule has 0 bridgehead atoms. The van der Waals surface area contributed by atoms with Crippen molar-refractivity contribution in [2.24, 2.45) is 5.92 Å². The van der Waals surface area contributed by atoms with Crippen LogP contribution in [0, 0.1) is 5.92 Å². The number of methoxy groups -OCH3 is 1. The standard InChI is InChI=1S/C13H20ClNO2S/c1-4-9(5-2)10(14)8-15-13(16)12-11(17-3)6-7-18-12/h6-7,9-10H,4-5,8H2,1-3H3,(H,15,16). The quantitative estimate of drug-likeness (QED) is 0.780. The highest BCUT2D eigenvalue weighted by Gasteiger charge is 2.19. The topological polar surface area (TPSA) is 38.3 Å². The van der Waals surface area contributed by atoms with E-state index in [-0.39, 0.29) is 11.3 Å². The minimum atomic E-state index is -0.113. The maximum absolute atomic E-state index is 11.9. The first kappa shape index (κ1) is 15.3. The monoisotopic (exact) mass is 289 g/mol. The zero-order valence-electron chi connectivity index (χ0n) is 11.0. The van der Waals surface area contributed by atoms with E-state index >= 15 is 0 Å². The molecule has 1 rings (SSSR count). The summed E-state index contributed by atoms with van der Waals surface area (Å²) in [7, 11) is 1.56. The van der Waals surface area contributed by atoms with Crippen LogP contribution in [-0.4, -0.2) is 24.9 Å². The number of halogens is 1. The number of carbonyl (C=O) groups is 1. The fourth-order valence-electron chi connectivity index (χ4n) is 1.86. The molecule has 1 amide bonds. The highest BCUT2D eigenvalue weighted by Crippen LogP contribution is 2.24. The van der Waals surface area contributed by atoms with Gasteiger partial charge in [0.25, 0.3) is 5.91 Å². The van der Waals surface area contributed by atoms with Crippen molar-refractivity contribution in [1.82, 2.24) is 5.32 Å². The Hall–Kier alpha value is -0.740. The van der Waals surface area contributed by atoms with Crippen LogP contribution in [0.5, 0.6) is 5.75 Å². The Morgan fingerprint density at radius 2 is 2.17 bits per heavy atom. The number of alkyl halides is 1. The van der Waals surface area contributed by atoms with Crippen LogP contribution in [-0.2, 0) is 0 Å². The van der Waals surface area contributed by atoms with Gasteiger partial charge in [-0.05, 0) is 17.4 Å². The molecule has 1 aromatic heterocycles. The summed E-state index contributed by atoms with van der Waals surface area (Å²) >= 11 is 7.66. The molecule has 0 saturated heterocycles.